The van der Waals surface area contributed by atoms with Crippen LogP contribution < -0.4 is 5.32 Å². The molecule has 1 aliphatic rings. The molecule has 1 aliphatic heterocycles. The van der Waals surface area contributed by atoms with Crippen LogP contribution in [0.15, 0.2) is 54.0 Å². The molecule has 1 N–H and O–H groups in total. The predicted molar refractivity (Wildman–Crippen MR) is 130 cm³/mol. The summed E-state index contributed by atoms with van der Waals surface area (Å²) in [6, 6.07) is 15.1. The van der Waals surface area contributed by atoms with Gasteiger partial charge in [-0.2, -0.15) is 0 Å². The van der Waals surface area contributed by atoms with Crippen LogP contribution in [0.25, 0.3) is 6.08 Å². The summed E-state index contributed by atoms with van der Waals surface area (Å²) in [5, 5.41) is 2.81. The lowest BCUT2D eigenvalue weighted by Crippen LogP contribution is -2.41. The first-order valence-corrected chi connectivity index (χ1v) is 11.1. The van der Waals surface area contributed by atoms with Crippen LogP contribution in [-0.4, -0.2) is 36.7 Å². The summed E-state index contributed by atoms with van der Waals surface area (Å²) in [5.41, 5.74) is 3.16. The minimum Gasteiger partial charge on any atom is -0.445 e. The molecule has 0 radical (unpaired) electrons. The highest BCUT2D eigenvalue weighted by Crippen LogP contribution is 2.38. The van der Waals surface area contributed by atoms with Gasteiger partial charge in [-0.3, -0.25) is 4.79 Å². The molecule has 1 fully saturated rings. The molecule has 0 aliphatic carbocycles. The Kier molecular flexibility index (Phi) is 7.45. The maximum atomic E-state index is 12.3. The molecule has 33 heavy (non-hydrogen) atoms. The number of nitrogens with one attached hydrogen (secondary N) is 1. The zero-order chi connectivity index (χ0) is 24.2. The number of ether oxygens (including phenoxy) is 1. The number of hydrogen-bond acceptors (Lipinski definition) is 5. The monoisotopic (exact) mass is 449 g/mol. The van der Waals surface area contributed by atoms with Gasteiger partial charge in [-0.15, -0.1) is 0 Å². The van der Waals surface area contributed by atoms with Gasteiger partial charge in [0.05, 0.1) is 11.2 Å². The molecule has 1 heterocycles. The molecule has 0 atom stereocenters. The van der Waals surface area contributed by atoms with Gasteiger partial charge in [0.2, 0.25) is 0 Å². The Balaban J connectivity index is 1.78. The SMILES string of the molecule is CC(=O)c1ccc(C=C(CNC(=O)OCc2ccccc2)B2OC(C)(C)C(C)(C)O2)c(C)c1. The van der Waals surface area contributed by atoms with Gasteiger partial charge in [-0.1, -0.05) is 48.5 Å². The highest BCUT2D eigenvalue weighted by atomic mass is 16.7. The van der Waals surface area contributed by atoms with E-state index in [1.807, 2.05) is 83.2 Å². The molecule has 3 rings (SSSR count). The maximum absolute atomic E-state index is 12.3. The Bertz CT molecular complexity index is 1030. The van der Waals surface area contributed by atoms with Gasteiger partial charge in [0.1, 0.15) is 6.61 Å². The minimum atomic E-state index is -0.628. The number of carbonyl (C=O) groups excluding carboxylic acids is 2. The first-order valence-electron chi connectivity index (χ1n) is 11.1. The van der Waals surface area contributed by atoms with Gasteiger partial charge >= 0.3 is 13.2 Å². The summed E-state index contributed by atoms with van der Waals surface area (Å²) in [6.45, 7) is 11.8. The second kappa shape index (κ2) is 9.93. The minimum absolute atomic E-state index is 0.0163. The number of Topliss-reactive ketones (excluding diaryl/α,β-unsaturated/α-hetero) is 1. The van der Waals surface area contributed by atoms with Crippen molar-refractivity contribution in [1.82, 2.24) is 5.32 Å². The summed E-state index contributed by atoms with van der Waals surface area (Å²) in [5.74, 6) is 0.0163. The zero-order valence-electron chi connectivity index (χ0n) is 20.2. The van der Waals surface area contributed by atoms with Gasteiger partial charge in [0.25, 0.3) is 0 Å². The molecule has 6 nitrogen and oxygen atoms in total. The Morgan fingerprint density at radius 3 is 2.24 bits per heavy atom. The number of aryl methyl sites for hydroxylation is 1. The van der Waals surface area contributed by atoms with Crippen LogP contribution in [0.3, 0.4) is 0 Å². The molecular formula is C26H32BNO5. The largest absolute Gasteiger partial charge is 0.492 e. The van der Waals surface area contributed by atoms with Crippen molar-refractivity contribution in [3.05, 3.63) is 76.3 Å². The molecule has 7 heteroatoms. The summed E-state index contributed by atoms with van der Waals surface area (Å²) < 4.78 is 17.8. The predicted octanol–water partition coefficient (Wildman–Crippen LogP) is 5.14. The third kappa shape index (κ3) is 6.12. The first kappa shape index (κ1) is 24.7. The van der Waals surface area contributed by atoms with Crippen LogP contribution in [0.2, 0.25) is 0 Å². The van der Waals surface area contributed by atoms with E-state index in [4.69, 9.17) is 14.0 Å². The van der Waals surface area contributed by atoms with Crippen molar-refractivity contribution in [3.8, 4) is 0 Å². The standard InChI is InChI=1S/C26H32BNO5/c1-18-14-22(19(2)29)13-12-21(18)15-23(27-32-25(3,4)26(5,6)33-27)16-28-24(30)31-17-20-10-8-7-9-11-20/h7-15H,16-17H2,1-6H3,(H,28,30). The van der Waals surface area contributed by atoms with Crippen LogP contribution in [-0.2, 0) is 20.7 Å². The smallest absolute Gasteiger partial charge is 0.445 e. The van der Waals surface area contributed by atoms with E-state index in [1.54, 1.807) is 13.0 Å². The lowest BCUT2D eigenvalue weighted by molar-refractivity contribution is 0.00578. The van der Waals surface area contributed by atoms with E-state index < -0.39 is 24.4 Å². The summed E-state index contributed by atoms with van der Waals surface area (Å²) in [4.78, 5) is 24.1. The summed E-state index contributed by atoms with van der Waals surface area (Å²) in [6.07, 6.45) is 1.42. The molecule has 174 valence electrons. The molecule has 0 saturated carbocycles. The van der Waals surface area contributed by atoms with E-state index in [2.05, 4.69) is 5.32 Å². The Morgan fingerprint density at radius 2 is 1.67 bits per heavy atom. The number of carbonyl (C=O) groups is 2. The molecule has 0 unspecified atom stereocenters. The third-order valence-electron chi connectivity index (χ3n) is 6.22. The molecule has 0 bridgehead atoms. The molecule has 0 aromatic heterocycles. The molecule has 0 spiro atoms. The van der Waals surface area contributed by atoms with Crippen molar-refractivity contribution in [3.63, 3.8) is 0 Å². The highest BCUT2D eigenvalue weighted by Gasteiger charge is 2.52. The normalized spacial score (nSPS) is 17.0. The van der Waals surface area contributed by atoms with Crippen molar-refractivity contribution in [2.45, 2.75) is 59.4 Å². The summed E-state index contributed by atoms with van der Waals surface area (Å²) in [7, 11) is -0.628. The molecule has 1 saturated heterocycles. The molecule has 2 aromatic rings. The average Bonchev–Trinajstić information content (AvgIpc) is 2.98. The van der Waals surface area contributed by atoms with Crippen LogP contribution in [0.5, 0.6) is 0 Å². The fourth-order valence-electron chi connectivity index (χ4n) is 3.40. The van der Waals surface area contributed by atoms with Crippen molar-refractivity contribution in [1.29, 1.82) is 0 Å². The number of benzene rings is 2. The second-order valence-electron chi connectivity index (χ2n) is 9.35. The number of ketones is 1. The average molecular weight is 449 g/mol. The van der Waals surface area contributed by atoms with Crippen LogP contribution in [0.4, 0.5) is 4.79 Å². The van der Waals surface area contributed by atoms with Crippen molar-refractivity contribution in [2.75, 3.05) is 6.54 Å². The maximum Gasteiger partial charge on any atom is 0.492 e. The number of rotatable bonds is 7. The third-order valence-corrected chi connectivity index (χ3v) is 6.22. The first-order chi connectivity index (χ1) is 15.5. The lowest BCUT2D eigenvalue weighted by Gasteiger charge is -2.32. The van der Waals surface area contributed by atoms with Gasteiger partial charge in [-0.25, -0.2) is 4.79 Å². The molecular weight excluding hydrogens is 417 g/mol. The van der Waals surface area contributed by atoms with E-state index >= 15 is 0 Å². The van der Waals surface area contributed by atoms with Crippen LogP contribution in [0.1, 0.15) is 61.7 Å². The van der Waals surface area contributed by atoms with Crippen molar-refractivity contribution in [2.24, 2.45) is 0 Å². The van der Waals surface area contributed by atoms with Crippen molar-refractivity contribution >= 4 is 25.1 Å². The van der Waals surface area contributed by atoms with E-state index in [0.29, 0.717) is 5.56 Å². The quantitative estimate of drug-likeness (QED) is 0.468. The molecule has 2 aromatic carbocycles. The number of hydrogen-bond donors (Lipinski definition) is 1. The van der Waals surface area contributed by atoms with E-state index in [0.717, 1.165) is 22.2 Å². The highest BCUT2D eigenvalue weighted by molar-refractivity contribution is 6.56. The van der Waals surface area contributed by atoms with Crippen LogP contribution >= 0.6 is 0 Å². The fraction of sp³-hybridized carbons (Fsp3) is 0.385. The lowest BCUT2D eigenvalue weighted by atomic mass is 9.76. The Morgan fingerprint density at radius 1 is 1.03 bits per heavy atom. The van der Waals surface area contributed by atoms with E-state index in [9.17, 15) is 9.59 Å². The van der Waals surface area contributed by atoms with Gasteiger partial charge < -0.3 is 19.4 Å². The van der Waals surface area contributed by atoms with Crippen molar-refractivity contribution < 1.29 is 23.6 Å². The topological polar surface area (TPSA) is 73.9 Å². The van der Waals surface area contributed by atoms with E-state index in [1.165, 1.54) is 0 Å². The van der Waals surface area contributed by atoms with Crippen LogP contribution in [0, 0.1) is 6.92 Å². The Hall–Kier alpha value is -2.90. The molecule has 1 amide bonds. The van der Waals surface area contributed by atoms with Gasteiger partial charge in [0, 0.05) is 12.1 Å². The second-order valence-corrected chi connectivity index (χ2v) is 9.35. The van der Waals surface area contributed by atoms with E-state index in [-0.39, 0.29) is 18.9 Å². The number of amides is 1. The summed E-state index contributed by atoms with van der Waals surface area (Å²) >= 11 is 0. The Labute approximate surface area is 196 Å². The zero-order valence-corrected chi connectivity index (χ0v) is 20.2. The van der Waals surface area contributed by atoms with Gasteiger partial charge in [0.15, 0.2) is 5.78 Å². The van der Waals surface area contributed by atoms with Gasteiger partial charge in [-0.05, 0) is 69.8 Å². The fourth-order valence-corrected chi connectivity index (χ4v) is 3.40. The number of alkyl carbamates (subject to hydrolysis) is 1.